The molecule has 0 unspecified atom stereocenters. The maximum atomic E-state index is 12.0. The van der Waals surface area contributed by atoms with Crippen LogP contribution in [0.4, 0.5) is 5.69 Å². The molecule has 0 aliphatic heterocycles. The fourth-order valence-corrected chi connectivity index (χ4v) is 2.10. The minimum atomic E-state index is -0.295. The van der Waals surface area contributed by atoms with Crippen LogP contribution in [0.3, 0.4) is 0 Å². The molecule has 0 aliphatic rings. The quantitative estimate of drug-likeness (QED) is 0.846. The number of nitrogens with zero attached hydrogens (tertiary/aromatic N) is 1. The van der Waals surface area contributed by atoms with Gasteiger partial charge in [0.2, 0.25) is 0 Å². The standard InChI is InChI=1S/C18H18N2O4/c1-22-11-14-4-3-5-15(8-14)20-18(21)12-24-16-7-6-13(10-19)9-17(16)23-2/h3-9H,11-12H2,1-2H3,(H,20,21). The summed E-state index contributed by atoms with van der Waals surface area (Å²) in [5, 5.41) is 11.6. The van der Waals surface area contributed by atoms with E-state index in [0.717, 1.165) is 5.56 Å². The van der Waals surface area contributed by atoms with Gasteiger partial charge in [-0.3, -0.25) is 4.79 Å². The number of nitriles is 1. The molecule has 0 fully saturated rings. The number of rotatable bonds is 7. The maximum Gasteiger partial charge on any atom is 0.262 e. The third-order valence-corrected chi connectivity index (χ3v) is 3.17. The van der Waals surface area contributed by atoms with E-state index in [9.17, 15) is 4.79 Å². The van der Waals surface area contributed by atoms with E-state index in [-0.39, 0.29) is 12.5 Å². The van der Waals surface area contributed by atoms with E-state index in [1.54, 1.807) is 31.4 Å². The smallest absolute Gasteiger partial charge is 0.262 e. The van der Waals surface area contributed by atoms with E-state index in [1.807, 2.05) is 24.3 Å². The highest BCUT2D eigenvalue weighted by Gasteiger charge is 2.09. The molecule has 0 aromatic heterocycles. The number of methoxy groups -OCH3 is 2. The monoisotopic (exact) mass is 326 g/mol. The van der Waals surface area contributed by atoms with Gasteiger partial charge in [-0.1, -0.05) is 12.1 Å². The number of anilines is 1. The first-order chi connectivity index (χ1) is 11.7. The third kappa shape index (κ3) is 4.73. The number of ether oxygens (including phenoxy) is 3. The van der Waals surface area contributed by atoms with E-state index in [4.69, 9.17) is 19.5 Å². The number of carbonyl (C=O) groups excluding carboxylic acids is 1. The topological polar surface area (TPSA) is 80.6 Å². The Morgan fingerprint density at radius 3 is 2.71 bits per heavy atom. The second-order valence-corrected chi connectivity index (χ2v) is 4.95. The third-order valence-electron chi connectivity index (χ3n) is 3.17. The predicted octanol–water partition coefficient (Wildman–Crippen LogP) is 2.73. The number of nitrogens with one attached hydrogen (secondary N) is 1. The van der Waals surface area contributed by atoms with Gasteiger partial charge in [-0.15, -0.1) is 0 Å². The van der Waals surface area contributed by atoms with Gasteiger partial charge in [-0.25, -0.2) is 0 Å². The number of hydrogen-bond acceptors (Lipinski definition) is 5. The summed E-state index contributed by atoms with van der Waals surface area (Å²) < 4.78 is 15.7. The van der Waals surface area contributed by atoms with Crippen LogP contribution in [0, 0.1) is 11.3 Å². The van der Waals surface area contributed by atoms with Crippen molar-refractivity contribution in [2.75, 3.05) is 26.1 Å². The second-order valence-electron chi connectivity index (χ2n) is 4.95. The molecule has 24 heavy (non-hydrogen) atoms. The van der Waals surface area contributed by atoms with Crippen LogP contribution >= 0.6 is 0 Å². The molecule has 6 heteroatoms. The summed E-state index contributed by atoms with van der Waals surface area (Å²) in [7, 11) is 3.09. The Balaban J connectivity index is 1.96. The van der Waals surface area contributed by atoms with Crippen LogP contribution in [0.25, 0.3) is 0 Å². The molecule has 0 saturated carbocycles. The maximum absolute atomic E-state index is 12.0. The molecule has 6 nitrogen and oxygen atoms in total. The largest absolute Gasteiger partial charge is 0.493 e. The summed E-state index contributed by atoms with van der Waals surface area (Å²) >= 11 is 0. The molecule has 124 valence electrons. The molecule has 1 N–H and O–H groups in total. The summed E-state index contributed by atoms with van der Waals surface area (Å²) in [6.45, 7) is 0.305. The highest BCUT2D eigenvalue weighted by atomic mass is 16.5. The molecule has 0 spiro atoms. The Bertz CT molecular complexity index is 753. The van der Waals surface area contributed by atoms with Crippen LogP contribution in [0.1, 0.15) is 11.1 Å². The van der Waals surface area contributed by atoms with Crippen molar-refractivity contribution in [1.82, 2.24) is 0 Å². The molecule has 0 aliphatic carbocycles. The lowest BCUT2D eigenvalue weighted by atomic mass is 10.2. The average Bonchev–Trinajstić information content (AvgIpc) is 2.60. The first kappa shape index (κ1) is 17.3. The number of amides is 1. The average molecular weight is 326 g/mol. The van der Waals surface area contributed by atoms with E-state index in [2.05, 4.69) is 5.32 Å². The van der Waals surface area contributed by atoms with Gasteiger partial charge >= 0.3 is 0 Å². The first-order valence-electron chi connectivity index (χ1n) is 7.25. The highest BCUT2D eigenvalue weighted by molar-refractivity contribution is 5.92. The first-order valence-corrected chi connectivity index (χ1v) is 7.25. The van der Waals surface area contributed by atoms with Crippen LogP contribution < -0.4 is 14.8 Å². The van der Waals surface area contributed by atoms with Crippen LogP contribution in [0.5, 0.6) is 11.5 Å². The molecule has 0 radical (unpaired) electrons. The summed E-state index contributed by atoms with van der Waals surface area (Å²) in [6.07, 6.45) is 0. The van der Waals surface area contributed by atoms with Gasteiger partial charge in [0.05, 0.1) is 25.3 Å². The van der Waals surface area contributed by atoms with Gasteiger partial charge in [0.1, 0.15) is 0 Å². The molecular weight excluding hydrogens is 308 g/mol. The van der Waals surface area contributed by atoms with Gasteiger partial charge in [0.15, 0.2) is 18.1 Å². The molecule has 0 heterocycles. The molecule has 2 aromatic carbocycles. The zero-order valence-corrected chi connectivity index (χ0v) is 13.5. The van der Waals surface area contributed by atoms with Crippen molar-refractivity contribution in [1.29, 1.82) is 5.26 Å². The van der Waals surface area contributed by atoms with Crippen molar-refractivity contribution in [3.8, 4) is 17.6 Å². The fourth-order valence-electron chi connectivity index (χ4n) is 2.10. The minimum absolute atomic E-state index is 0.170. The van der Waals surface area contributed by atoms with Crippen LogP contribution in [-0.2, 0) is 16.1 Å². The van der Waals surface area contributed by atoms with Gasteiger partial charge in [0.25, 0.3) is 5.91 Å². The summed E-state index contributed by atoms with van der Waals surface area (Å²) in [6, 6.07) is 14.2. The van der Waals surface area contributed by atoms with Crippen molar-refractivity contribution in [2.24, 2.45) is 0 Å². The van der Waals surface area contributed by atoms with E-state index in [1.165, 1.54) is 7.11 Å². The van der Waals surface area contributed by atoms with Crippen molar-refractivity contribution in [3.05, 3.63) is 53.6 Å². The normalized spacial score (nSPS) is 9.88. The van der Waals surface area contributed by atoms with Crippen molar-refractivity contribution in [3.63, 3.8) is 0 Å². The van der Waals surface area contributed by atoms with Crippen molar-refractivity contribution < 1.29 is 19.0 Å². The Hall–Kier alpha value is -3.04. The molecular formula is C18H18N2O4. The van der Waals surface area contributed by atoms with E-state index < -0.39 is 0 Å². The van der Waals surface area contributed by atoms with Crippen molar-refractivity contribution in [2.45, 2.75) is 6.61 Å². The molecule has 1 amide bonds. The molecule has 0 atom stereocenters. The molecule has 0 bridgehead atoms. The highest BCUT2D eigenvalue weighted by Crippen LogP contribution is 2.27. The molecule has 2 aromatic rings. The lowest BCUT2D eigenvalue weighted by Crippen LogP contribution is -2.20. The zero-order chi connectivity index (χ0) is 17.4. The van der Waals surface area contributed by atoms with Gasteiger partial charge in [-0.05, 0) is 29.8 Å². The summed E-state index contributed by atoms with van der Waals surface area (Å²) in [5.74, 6) is 0.514. The Morgan fingerprint density at radius 1 is 1.17 bits per heavy atom. The Labute approximate surface area is 140 Å². The summed E-state index contributed by atoms with van der Waals surface area (Å²) in [5.41, 5.74) is 2.09. The Morgan fingerprint density at radius 2 is 2.00 bits per heavy atom. The Kier molecular flexibility index (Phi) is 6.17. The van der Waals surface area contributed by atoms with Gasteiger partial charge < -0.3 is 19.5 Å². The molecule has 0 saturated heterocycles. The lowest BCUT2D eigenvalue weighted by Gasteiger charge is -2.11. The van der Waals surface area contributed by atoms with Gasteiger partial charge in [-0.2, -0.15) is 5.26 Å². The fraction of sp³-hybridized carbons (Fsp3) is 0.222. The number of carbonyl (C=O) groups is 1. The SMILES string of the molecule is COCc1cccc(NC(=O)COc2ccc(C#N)cc2OC)c1. The van der Waals surface area contributed by atoms with E-state index in [0.29, 0.717) is 29.4 Å². The van der Waals surface area contributed by atoms with Gasteiger partial charge in [0, 0.05) is 18.9 Å². The second kappa shape index (κ2) is 8.56. The van der Waals surface area contributed by atoms with Crippen LogP contribution in [-0.4, -0.2) is 26.7 Å². The molecule has 2 rings (SSSR count). The van der Waals surface area contributed by atoms with E-state index >= 15 is 0 Å². The lowest BCUT2D eigenvalue weighted by molar-refractivity contribution is -0.118. The van der Waals surface area contributed by atoms with Crippen molar-refractivity contribution >= 4 is 11.6 Å². The minimum Gasteiger partial charge on any atom is -0.493 e. The zero-order valence-electron chi connectivity index (χ0n) is 13.5. The van der Waals surface area contributed by atoms with Crippen LogP contribution in [0.2, 0.25) is 0 Å². The summed E-state index contributed by atoms with van der Waals surface area (Å²) in [4.78, 5) is 12.0. The number of benzene rings is 2. The number of hydrogen-bond donors (Lipinski definition) is 1. The predicted molar refractivity (Wildman–Crippen MR) is 89.0 cm³/mol. The van der Waals surface area contributed by atoms with Crippen LogP contribution in [0.15, 0.2) is 42.5 Å².